The number of morpholine rings is 1. The first-order valence-electron chi connectivity index (χ1n) is 9.74. The molecule has 7 heteroatoms. The molecular weight excluding hydrogens is 382 g/mol. The Hall–Kier alpha value is -3.76. The summed E-state index contributed by atoms with van der Waals surface area (Å²) in [4.78, 5) is 6.26. The molecule has 0 N–H and O–H groups in total. The third-order valence-corrected chi connectivity index (χ3v) is 4.99. The molecule has 2 aromatic heterocycles. The Morgan fingerprint density at radius 2 is 1.83 bits per heavy atom. The van der Waals surface area contributed by atoms with Crippen molar-refractivity contribution in [3.05, 3.63) is 66.1 Å². The summed E-state index contributed by atoms with van der Waals surface area (Å²) in [6, 6.07) is 19.8. The highest BCUT2D eigenvalue weighted by molar-refractivity contribution is 5.83. The van der Waals surface area contributed by atoms with Crippen molar-refractivity contribution in [3.8, 4) is 23.5 Å². The Morgan fingerprint density at radius 3 is 2.67 bits per heavy atom. The van der Waals surface area contributed by atoms with Gasteiger partial charge in [-0.15, -0.1) is 0 Å². The van der Waals surface area contributed by atoms with E-state index >= 15 is 0 Å². The second kappa shape index (κ2) is 7.93. The van der Waals surface area contributed by atoms with Crippen LogP contribution in [0, 0.1) is 11.3 Å². The molecule has 1 saturated heterocycles. The van der Waals surface area contributed by atoms with Crippen molar-refractivity contribution in [2.45, 2.75) is 6.61 Å². The van der Waals surface area contributed by atoms with Crippen LogP contribution < -0.4 is 9.64 Å². The highest BCUT2D eigenvalue weighted by atomic mass is 16.5. The van der Waals surface area contributed by atoms with E-state index in [9.17, 15) is 5.26 Å². The Morgan fingerprint density at radius 1 is 1.00 bits per heavy atom. The van der Waals surface area contributed by atoms with Crippen molar-refractivity contribution in [1.29, 1.82) is 5.26 Å². The highest BCUT2D eigenvalue weighted by Gasteiger charge is 2.23. The standard InChI is InChI=1S/C23H19N3O4/c24-14-20-23(26-9-11-27-12-10-26)30-22(25-20)21-8-7-19(29-21)15-28-18-6-5-16-3-1-2-4-17(16)13-18/h1-8,13H,9-12,15H2. The number of nitrogens with zero attached hydrogens (tertiary/aromatic N) is 3. The summed E-state index contributed by atoms with van der Waals surface area (Å²) in [5, 5.41) is 11.7. The molecular formula is C23H19N3O4. The summed E-state index contributed by atoms with van der Waals surface area (Å²) in [5.41, 5.74) is 0.247. The zero-order chi connectivity index (χ0) is 20.3. The second-order valence-electron chi connectivity index (χ2n) is 6.95. The van der Waals surface area contributed by atoms with Gasteiger partial charge in [0.2, 0.25) is 11.6 Å². The fourth-order valence-corrected chi connectivity index (χ4v) is 3.45. The lowest BCUT2D eigenvalue weighted by Crippen LogP contribution is -2.36. The lowest BCUT2D eigenvalue weighted by Gasteiger charge is -2.25. The Balaban J connectivity index is 1.31. The first-order valence-corrected chi connectivity index (χ1v) is 9.74. The number of fused-ring (bicyclic) bond motifs is 1. The predicted octanol–water partition coefficient (Wildman–Crippen LogP) is 4.38. The predicted molar refractivity (Wildman–Crippen MR) is 110 cm³/mol. The molecule has 4 aromatic rings. The topological polar surface area (TPSA) is 84.7 Å². The summed E-state index contributed by atoms with van der Waals surface area (Å²) >= 11 is 0. The van der Waals surface area contributed by atoms with Crippen molar-refractivity contribution < 1.29 is 18.3 Å². The van der Waals surface area contributed by atoms with E-state index in [1.807, 2.05) is 41.3 Å². The molecule has 7 nitrogen and oxygen atoms in total. The van der Waals surface area contributed by atoms with E-state index in [2.05, 4.69) is 23.2 Å². The van der Waals surface area contributed by atoms with Crippen LogP contribution in [-0.4, -0.2) is 31.3 Å². The molecule has 0 radical (unpaired) electrons. The summed E-state index contributed by atoms with van der Waals surface area (Å²) in [6.45, 7) is 2.79. The van der Waals surface area contributed by atoms with Crippen molar-refractivity contribution in [2.75, 3.05) is 31.2 Å². The largest absolute Gasteiger partial charge is 0.486 e. The molecule has 1 aliphatic rings. The molecule has 0 amide bonds. The summed E-state index contributed by atoms with van der Waals surface area (Å²) in [5.74, 6) is 2.61. The zero-order valence-electron chi connectivity index (χ0n) is 16.2. The van der Waals surface area contributed by atoms with Crippen LogP contribution in [0.4, 0.5) is 5.88 Å². The maximum atomic E-state index is 9.42. The lowest BCUT2D eigenvalue weighted by molar-refractivity contribution is 0.120. The fourth-order valence-electron chi connectivity index (χ4n) is 3.45. The van der Waals surface area contributed by atoms with Crippen LogP contribution >= 0.6 is 0 Å². The van der Waals surface area contributed by atoms with E-state index in [1.54, 1.807) is 6.07 Å². The van der Waals surface area contributed by atoms with E-state index in [-0.39, 0.29) is 18.2 Å². The van der Waals surface area contributed by atoms with E-state index in [0.29, 0.717) is 43.7 Å². The number of hydrogen-bond donors (Lipinski definition) is 0. The zero-order valence-corrected chi connectivity index (χ0v) is 16.2. The molecule has 30 heavy (non-hydrogen) atoms. The fraction of sp³-hybridized carbons (Fsp3) is 0.217. The van der Waals surface area contributed by atoms with E-state index < -0.39 is 0 Å². The molecule has 0 saturated carbocycles. The number of rotatable bonds is 5. The number of oxazole rings is 1. The quantitative estimate of drug-likeness (QED) is 0.491. The van der Waals surface area contributed by atoms with E-state index in [4.69, 9.17) is 18.3 Å². The normalized spacial score (nSPS) is 14.0. The highest BCUT2D eigenvalue weighted by Crippen LogP contribution is 2.30. The van der Waals surface area contributed by atoms with Crippen molar-refractivity contribution >= 4 is 16.7 Å². The number of benzene rings is 2. The average Bonchev–Trinajstić information content (AvgIpc) is 3.45. The number of nitriles is 1. The maximum Gasteiger partial charge on any atom is 0.266 e. The minimum atomic E-state index is 0.247. The second-order valence-corrected chi connectivity index (χ2v) is 6.95. The molecule has 0 bridgehead atoms. The smallest absolute Gasteiger partial charge is 0.266 e. The summed E-state index contributed by atoms with van der Waals surface area (Å²) in [6.07, 6.45) is 0. The number of hydrogen-bond acceptors (Lipinski definition) is 7. The van der Waals surface area contributed by atoms with Gasteiger partial charge in [0.05, 0.1) is 13.2 Å². The SMILES string of the molecule is N#Cc1nc(-c2ccc(COc3ccc4ccccc4c3)o2)oc1N1CCOCC1. The third kappa shape index (κ3) is 3.61. The lowest BCUT2D eigenvalue weighted by atomic mass is 10.1. The van der Waals surface area contributed by atoms with E-state index in [0.717, 1.165) is 11.1 Å². The molecule has 1 fully saturated rings. The van der Waals surface area contributed by atoms with Crippen LogP contribution in [0.25, 0.3) is 22.4 Å². The van der Waals surface area contributed by atoms with Crippen LogP contribution in [0.5, 0.6) is 5.75 Å². The molecule has 0 aliphatic carbocycles. The molecule has 3 heterocycles. The molecule has 0 spiro atoms. The monoisotopic (exact) mass is 401 g/mol. The molecule has 0 unspecified atom stereocenters. The van der Waals surface area contributed by atoms with Crippen molar-refractivity contribution in [1.82, 2.24) is 4.98 Å². The van der Waals surface area contributed by atoms with Gasteiger partial charge in [0.15, 0.2) is 5.76 Å². The number of aromatic nitrogens is 1. The van der Waals surface area contributed by atoms with Gasteiger partial charge in [0, 0.05) is 13.1 Å². The van der Waals surface area contributed by atoms with Gasteiger partial charge in [-0.05, 0) is 35.0 Å². The Kier molecular flexibility index (Phi) is 4.83. The van der Waals surface area contributed by atoms with Gasteiger partial charge in [0.1, 0.15) is 24.2 Å². The van der Waals surface area contributed by atoms with Crippen LogP contribution in [0.3, 0.4) is 0 Å². The number of furan rings is 1. The maximum absolute atomic E-state index is 9.42. The molecule has 5 rings (SSSR count). The van der Waals surface area contributed by atoms with Gasteiger partial charge < -0.3 is 23.2 Å². The van der Waals surface area contributed by atoms with Gasteiger partial charge in [-0.25, -0.2) is 0 Å². The Bertz CT molecular complexity index is 1210. The van der Waals surface area contributed by atoms with Gasteiger partial charge in [0.25, 0.3) is 5.89 Å². The van der Waals surface area contributed by atoms with Crippen molar-refractivity contribution in [3.63, 3.8) is 0 Å². The molecule has 0 atom stereocenters. The van der Waals surface area contributed by atoms with Crippen LogP contribution in [0.15, 0.2) is 63.4 Å². The van der Waals surface area contributed by atoms with Crippen molar-refractivity contribution in [2.24, 2.45) is 0 Å². The van der Waals surface area contributed by atoms with Gasteiger partial charge in [-0.2, -0.15) is 10.2 Å². The van der Waals surface area contributed by atoms with Crippen LogP contribution in [-0.2, 0) is 11.3 Å². The average molecular weight is 401 g/mol. The first kappa shape index (κ1) is 18.3. The number of anilines is 1. The van der Waals surface area contributed by atoms with Crippen LogP contribution in [0.1, 0.15) is 11.5 Å². The van der Waals surface area contributed by atoms with Crippen LogP contribution in [0.2, 0.25) is 0 Å². The minimum absolute atomic E-state index is 0.247. The number of ether oxygens (including phenoxy) is 2. The van der Waals surface area contributed by atoms with Gasteiger partial charge in [-0.1, -0.05) is 30.3 Å². The summed E-state index contributed by atoms with van der Waals surface area (Å²) in [7, 11) is 0. The minimum Gasteiger partial charge on any atom is -0.486 e. The van der Waals surface area contributed by atoms with E-state index in [1.165, 1.54) is 5.39 Å². The van der Waals surface area contributed by atoms with Gasteiger partial charge >= 0.3 is 0 Å². The molecule has 150 valence electrons. The third-order valence-electron chi connectivity index (χ3n) is 4.99. The first-order chi connectivity index (χ1) is 14.8. The van der Waals surface area contributed by atoms with Gasteiger partial charge in [-0.3, -0.25) is 0 Å². The molecule has 2 aromatic carbocycles. The summed E-state index contributed by atoms with van der Waals surface area (Å²) < 4.78 is 22.9. The Labute approximate surface area is 173 Å². The molecule has 1 aliphatic heterocycles.